The fourth-order valence-corrected chi connectivity index (χ4v) is 2.77. The van der Waals surface area contributed by atoms with E-state index >= 15 is 0 Å². The van der Waals surface area contributed by atoms with Gasteiger partial charge in [0, 0.05) is 5.56 Å². The molecule has 3 N–H and O–H groups in total. The molecule has 0 radical (unpaired) electrons. The van der Waals surface area contributed by atoms with Crippen molar-refractivity contribution < 1.29 is 0 Å². The lowest BCUT2D eigenvalue weighted by Gasteiger charge is -2.24. The van der Waals surface area contributed by atoms with Gasteiger partial charge in [0.05, 0.1) is 11.7 Å². The first kappa shape index (κ1) is 9.21. The number of nitrogens with one attached hydrogen (secondary N) is 1. The summed E-state index contributed by atoms with van der Waals surface area (Å²) >= 11 is 0. The van der Waals surface area contributed by atoms with E-state index in [0.717, 1.165) is 44.6 Å². The van der Waals surface area contributed by atoms with Crippen molar-refractivity contribution in [3.05, 3.63) is 11.3 Å². The predicted octanol–water partition coefficient (Wildman–Crippen LogP) is 0.878. The molecule has 0 aromatic carbocycles. The summed E-state index contributed by atoms with van der Waals surface area (Å²) in [5.41, 5.74) is 8.75. The van der Waals surface area contributed by atoms with Gasteiger partial charge in [-0.2, -0.15) is 5.10 Å². The number of piperidine rings is 1. The lowest BCUT2D eigenvalue weighted by Crippen LogP contribution is -2.30. The van der Waals surface area contributed by atoms with Crippen LogP contribution in [0.1, 0.15) is 36.6 Å². The molecule has 1 aromatic heterocycles. The Morgan fingerprint density at radius 2 is 2.07 bits per heavy atom. The van der Waals surface area contributed by atoms with Crippen LogP contribution < -0.4 is 11.1 Å². The molecule has 4 heteroatoms. The molecule has 1 aliphatic carbocycles. The van der Waals surface area contributed by atoms with E-state index < -0.39 is 0 Å². The summed E-state index contributed by atoms with van der Waals surface area (Å²) in [6.07, 6.45) is 5.80. The Kier molecular flexibility index (Phi) is 2.16. The average molecular weight is 206 g/mol. The number of fused-ring (bicyclic) bond motifs is 1. The van der Waals surface area contributed by atoms with E-state index in [9.17, 15) is 0 Å². The van der Waals surface area contributed by atoms with Crippen LogP contribution in [0.3, 0.4) is 0 Å². The van der Waals surface area contributed by atoms with Crippen molar-refractivity contribution in [3.63, 3.8) is 0 Å². The van der Waals surface area contributed by atoms with Crippen LogP contribution in [0.5, 0.6) is 0 Å². The van der Waals surface area contributed by atoms with E-state index in [1.54, 1.807) is 0 Å². The molecule has 3 rings (SSSR count). The molecule has 82 valence electrons. The van der Waals surface area contributed by atoms with E-state index in [1.165, 1.54) is 17.7 Å². The van der Waals surface area contributed by atoms with Gasteiger partial charge in [-0.15, -0.1) is 0 Å². The maximum absolute atomic E-state index is 6.17. The van der Waals surface area contributed by atoms with Crippen molar-refractivity contribution in [2.24, 2.45) is 0 Å². The first-order valence-corrected chi connectivity index (χ1v) is 5.92. The molecule has 4 nitrogen and oxygen atoms in total. The SMILES string of the molecule is Nc1c2c(nn1C1CCNCC1)CCC2. The minimum atomic E-state index is 0.525. The number of nitrogen functional groups attached to an aromatic ring is 1. The van der Waals surface area contributed by atoms with Gasteiger partial charge < -0.3 is 11.1 Å². The number of nitrogens with two attached hydrogens (primary N) is 1. The van der Waals surface area contributed by atoms with Crippen LogP contribution in [0.2, 0.25) is 0 Å². The molecule has 2 heterocycles. The Hall–Kier alpha value is -1.03. The Morgan fingerprint density at radius 3 is 2.80 bits per heavy atom. The number of rotatable bonds is 1. The van der Waals surface area contributed by atoms with Crippen LogP contribution in [0.25, 0.3) is 0 Å². The number of aryl methyl sites for hydroxylation is 1. The molecule has 0 amide bonds. The Bertz CT molecular complexity index is 363. The van der Waals surface area contributed by atoms with Crippen molar-refractivity contribution in [2.45, 2.75) is 38.1 Å². The van der Waals surface area contributed by atoms with Crippen molar-refractivity contribution >= 4 is 5.82 Å². The Balaban J connectivity index is 1.91. The molecule has 0 saturated carbocycles. The van der Waals surface area contributed by atoms with Crippen molar-refractivity contribution in [1.29, 1.82) is 0 Å². The summed E-state index contributed by atoms with van der Waals surface area (Å²) in [6.45, 7) is 2.18. The first-order valence-electron chi connectivity index (χ1n) is 5.92. The van der Waals surface area contributed by atoms with E-state index in [4.69, 9.17) is 5.73 Å². The van der Waals surface area contributed by atoms with Gasteiger partial charge in [0.15, 0.2) is 0 Å². The summed E-state index contributed by atoms with van der Waals surface area (Å²) < 4.78 is 2.09. The van der Waals surface area contributed by atoms with Crippen molar-refractivity contribution in [2.75, 3.05) is 18.8 Å². The zero-order chi connectivity index (χ0) is 10.3. The minimum Gasteiger partial charge on any atom is -0.384 e. The van der Waals surface area contributed by atoms with Crippen LogP contribution in [0.4, 0.5) is 5.82 Å². The van der Waals surface area contributed by atoms with Gasteiger partial charge in [-0.3, -0.25) is 0 Å². The monoisotopic (exact) mass is 206 g/mol. The number of hydrogen-bond donors (Lipinski definition) is 2. The number of anilines is 1. The molecule has 0 unspecified atom stereocenters. The highest BCUT2D eigenvalue weighted by Gasteiger charge is 2.24. The lowest BCUT2D eigenvalue weighted by molar-refractivity contribution is 0.345. The number of aromatic nitrogens is 2. The second kappa shape index (κ2) is 3.52. The van der Waals surface area contributed by atoms with Crippen molar-refractivity contribution in [1.82, 2.24) is 15.1 Å². The topological polar surface area (TPSA) is 55.9 Å². The highest BCUT2D eigenvalue weighted by Crippen LogP contribution is 2.30. The third-order valence-corrected chi connectivity index (χ3v) is 3.63. The maximum atomic E-state index is 6.17. The van der Waals surface area contributed by atoms with Gasteiger partial charge in [0.2, 0.25) is 0 Å². The van der Waals surface area contributed by atoms with Crippen LogP contribution in [0, 0.1) is 0 Å². The van der Waals surface area contributed by atoms with Crippen LogP contribution in [-0.4, -0.2) is 22.9 Å². The largest absolute Gasteiger partial charge is 0.384 e. The first-order chi connectivity index (χ1) is 7.36. The summed E-state index contributed by atoms with van der Waals surface area (Å²) in [5, 5.41) is 8.05. The summed E-state index contributed by atoms with van der Waals surface area (Å²) in [7, 11) is 0. The highest BCUT2D eigenvalue weighted by molar-refractivity contribution is 5.46. The van der Waals surface area contributed by atoms with Gasteiger partial charge in [0.25, 0.3) is 0 Å². The van der Waals surface area contributed by atoms with Gasteiger partial charge in [-0.05, 0) is 45.2 Å². The Morgan fingerprint density at radius 1 is 1.27 bits per heavy atom. The zero-order valence-corrected chi connectivity index (χ0v) is 9.00. The third-order valence-electron chi connectivity index (χ3n) is 3.63. The van der Waals surface area contributed by atoms with E-state index in [0.29, 0.717) is 6.04 Å². The Labute approximate surface area is 89.8 Å². The quantitative estimate of drug-likeness (QED) is 0.717. The summed E-state index contributed by atoms with van der Waals surface area (Å²) in [4.78, 5) is 0. The summed E-state index contributed by atoms with van der Waals surface area (Å²) in [6, 6.07) is 0.525. The van der Waals surface area contributed by atoms with E-state index in [1.807, 2.05) is 0 Å². The molecule has 0 atom stereocenters. The molecule has 2 aliphatic rings. The second-order valence-electron chi connectivity index (χ2n) is 4.59. The minimum absolute atomic E-state index is 0.525. The molecule has 1 fully saturated rings. The van der Waals surface area contributed by atoms with Gasteiger partial charge in [-0.25, -0.2) is 4.68 Å². The van der Waals surface area contributed by atoms with Crippen molar-refractivity contribution in [3.8, 4) is 0 Å². The molecule has 1 aliphatic heterocycles. The van der Waals surface area contributed by atoms with Gasteiger partial charge in [0.1, 0.15) is 5.82 Å². The molecule has 1 aromatic rings. The smallest absolute Gasteiger partial charge is 0.125 e. The molecular formula is C11H18N4. The van der Waals surface area contributed by atoms with E-state index in [2.05, 4.69) is 15.1 Å². The normalized spacial score (nSPS) is 21.9. The molecule has 15 heavy (non-hydrogen) atoms. The number of hydrogen-bond acceptors (Lipinski definition) is 3. The molecular weight excluding hydrogens is 188 g/mol. The predicted molar refractivity (Wildman–Crippen MR) is 59.8 cm³/mol. The fraction of sp³-hybridized carbons (Fsp3) is 0.727. The van der Waals surface area contributed by atoms with Gasteiger partial charge >= 0.3 is 0 Å². The maximum Gasteiger partial charge on any atom is 0.125 e. The lowest BCUT2D eigenvalue weighted by atomic mass is 10.1. The van der Waals surface area contributed by atoms with E-state index in [-0.39, 0.29) is 0 Å². The summed E-state index contributed by atoms with van der Waals surface area (Å²) in [5.74, 6) is 0.939. The third kappa shape index (κ3) is 1.44. The average Bonchev–Trinajstić information content (AvgIpc) is 2.83. The second-order valence-corrected chi connectivity index (χ2v) is 4.59. The van der Waals surface area contributed by atoms with Crippen LogP contribution in [0.15, 0.2) is 0 Å². The van der Waals surface area contributed by atoms with Crippen LogP contribution in [-0.2, 0) is 12.8 Å². The molecule has 1 saturated heterocycles. The zero-order valence-electron chi connectivity index (χ0n) is 9.00. The van der Waals surface area contributed by atoms with Crippen LogP contribution >= 0.6 is 0 Å². The standard InChI is InChI=1S/C11H18N4/c12-11-9-2-1-3-10(9)14-15(11)8-4-6-13-7-5-8/h8,13H,1-7,12H2. The highest BCUT2D eigenvalue weighted by atomic mass is 15.3. The molecule has 0 bridgehead atoms. The fourth-order valence-electron chi connectivity index (χ4n) is 2.77. The number of nitrogens with zero attached hydrogens (tertiary/aromatic N) is 2. The molecule has 0 spiro atoms. The van der Waals surface area contributed by atoms with Gasteiger partial charge in [-0.1, -0.05) is 0 Å².